The van der Waals surface area contributed by atoms with Crippen molar-refractivity contribution in [1.82, 2.24) is 15.2 Å². The van der Waals surface area contributed by atoms with Gasteiger partial charge in [0.15, 0.2) is 0 Å². The van der Waals surface area contributed by atoms with Crippen LogP contribution in [0.25, 0.3) is 10.9 Å². The molecule has 3 aromatic rings. The summed E-state index contributed by atoms with van der Waals surface area (Å²) in [4.78, 5) is 18.5. The molecule has 1 amide bonds. The van der Waals surface area contributed by atoms with Crippen LogP contribution in [0.4, 0.5) is 0 Å². The molecule has 2 heterocycles. The van der Waals surface area contributed by atoms with Crippen molar-refractivity contribution < 1.29 is 4.79 Å². The number of aromatic amines is 1. The summed E-state index contributed by atoms with van der Waals surface area (Å²) >= 11 is 0. The molecule has 1 saturated carbocycles. The number of nitriles is 1. The lowest BCUT2D eigenvalue weighted by molar-refractivity contribution is -0.121. The van der Waals surface area contributed by atoms with Crippen LogP contribution in [0.15, 0.2) is 48.5 Å². The maximum atomic E-state index is 12.6. The zero-order valence-corrected chi connectivity index (χ0v) is 19.9. The monoisotopic (exact) mass is 454 g/mol. The Labute approximate surface area is 202 Å². The van der Waals surface area contributed by atoms with Gasteiger partial charge in [0.25, 0.3) is 0 Å². The number of H-pyrrole nitrogens is 1. The molecule has 2 N–H and O–H groups in total. The number of nitrogens with zero attached hydrogens (tertiary/aromatic N) is 2. The molecule has 176 valence electrons. The molecule has 1 fully saturated rings. The molecule has 1 aliphatic heterocycles. The van der Waals surface area contributed by atoms with E-state index in [4.69, 9.17) is 5.26 Å². The quantitative estimate of drug-likeness (QED) is 0.565. The van der Waals surface area contributed by atoms with E-state index in [-0.39, 0.29) is 5.91 Å². The fraction of sp³-hybridized carbons (Fsp3) is 0.448. The van der Waals surface area contributed by atoms with Crippen LogP contribution >= 0.6 is 0 Å². The highest BCUT2D eigenvalue weighted by atomic mass is 16.1. The Bertz CT molecular complexity index is 1150. The van der Waals surface area contributed by atoms with Crippen molar-refractivity contribution in [1.29, 1.82) is 5.26 Å². The van der Waals surface area contributed by atoms with Crippen molar-refractivity contribution in [2.24, 2.45) is 5.92 Å². The Morgan fingerprint density at radius 1 is 1.03 bits per heavy atom. The average Bonchev–Trinajstić information content (AvgIpc) is 3.15. The smallest absolute Gasteiger partial charge is 0.226 e. The van der Waals surface area contributed by atoms with Crippen LogP contribution in [-0.4, -0.2) is 41.5 Å². The third-order valence-electron chi connectivity index (χ3n) is 7.73. The molecule has 5 rings (SSSR count). The molecule has 2 aromatic carbocycles. The molecule has 0 bridgehead atoms. The van der Waals surface area contributed by atoms with E-state index in [0.717, 1.165) is 73.4 Å². The predicted molar refractivity (Wildman–Crippen MR) is 136 cm³/mol. The predicted octanol–water partition coefficient (Wildman–Crippen LogP) is 4.75. The van der Waals surface area contributed by atoms with Crippen molar-refractivity contribution in [2.75, 3.05) is 19.6 Å². The van der Waals surface area contributed by atoms with Crippen molar-refractivity contribution in [3.05, 3.63) is 70.9 Å². The number of benzene rings is 2. The van der Waals surface area contributed by atoms with E-state index in [0.29, 0.717) is 12.5 Å². The van der Waals surface area contributed by atoms with Gasteiger partial charge in [-0.3, -0.25) is 4.79 Å². The van der Waals surface area contributed by atoms with Gasteiger partial charge in [-0.25, -0.2) is 0 Å². The van der Waals surface area contributed by atoms with Gasteiger partial charge in [0.05, 0.1) is 18.1 Å². The Morgan fingerprint density at radius 2 is 1.82 bits per heavy atom. The molecule has 0 saturated heterocycles. The van der Waals surface area contributed by atoms with Crippen molar-refractivity contribution in [3.8, 4) is 6.07 Å². The number of carbonyl (C=O) groups is 1. The number of hydrogen-bond donors (Lipinski definition) is 2. The topological polar surface area (TPSA) is 71.9 Å². The molecule has 2 aliphatic rings. The minimum atomic E-state index is 0.124. The second kappa shape index (κ2) is 10.4. The molecule has 0 unspecified atom stereocenters. The van der Waals surface area contributed by atoms with Gasteiger partial charge in [0.1, 0.15) is 0 Å². The first kappa shape index (κ1) is 22.7. The van der Waals surface area contributed by atoms with Gasteiger partial charge < -0.3 is 15.2 Å². The van der Waals surface area contributed by atoms with E-state index in [1.807, 2.05) is 24.3 Å². The lowest BCUT2D eigenvalue weighted by Crippen LogP contribution is -2.39. The van der Waals surface area contributed by atoms with Crippen molar-refractivity contribution in [2.45, 2.75) is 57.4 Å². The average molecular weight is 455 g/mol. The molecule has 5 nitrogen and oxygen atoms in total. The van der Waals surface area contributed by atoms with Crippen LogP contribution < -0.4 is 5.32 Å². The molecule has 1 aliphatic carbocycles. The molecule has 0 atom stereocenters. The number of para-hydroxylation sites is 1. The minimum absolute atomic E-state index is 0.124. The third-order valence-corrected chi connectivity index (χ3v) is 7.73. The third kappa shape index (κ3) is 5.51. The highest BCUT2D eigenvalue weighted by Crippen LogP contribution is 2.28. The Hall–Kier alpha value is -3.10. The second-order valence-electron chi connectivity index (χ2n) is 10.1. The van der Waals surface area contributed by atoms with Gasteiger partial charge in [-0.15, -0.1) is 0 Å². The summed E-state index contributed by atoms with van der Waals surface area (Å²) in [5.74, 6) is 0.886. The zero-order chi connectivity index (χ0) is 23.3. The SMILES string of the molecule is N#Cc1ccc2c(c1)CCN(CCC1CCC(NC(=O)Cc3cc4ccccc4[nH]3)CC1)CC2. The summed E-state index contributed by atoms with van der Waals surface area (Å²) < 4.78 is 0. The van der Waals surface area contributed by atoms with Crippen molar-refractivity contribution >= 4 is 16.8 Å². The molecule has 34 heavy (non-hydrogen) atoms. The molecule has 5 heteroatoms. The number of hydrogen-bond acceptors (Lipinski definition) is 3. The maximum Gasteiger partial charge on any atom is 0.226 e. The van der Waals surface area contributed by atoms with E-state index in [1.165, 1.54) is 30.4 Å². The lowest BCUT2D eigenvalue weighted by Gasteiger charge is -2.30. The van der Waals surface area contributed by atoms with E-state index in [9.17, 15) is 4.79 Å². The summed E-state index contributed by atoms with van der Waals surface area (Å²) in [6.45, 7) is 3.35. The highest BCUT2D eigenvalue weighted by molar-refractivity contribution is 5.84. The minimum Gasteiger partial charge on any atom is -0.358 e. The van der Waals surface area contributed by atoms with E-state index in [2.05, 4.69) is 45.5 Å². The number of nitrogens with one attached hydrogen (secondary N) is 2. The zero-order valence-electron chi connectivity index (χ0n) is 19.9. The van der Waals surface area contributed by atoms with Gasteiger partial charge in [-0.2, -0.15) is 5.26 Å². The summed E-state index contributed by atoms with van der Waals surface area (Å²) in [6, 6.07) is 19.0. The van der Waals surface area contributed by atoms with Gasteiger partial charge >= 0.3 is 0 Å². The Balaban J connectivity index is 1.03. The van der Waals surface area contributed by atoms with E-state index < -0.39 is 0 Å². The number of amides is 1. The molecular weight excluding hydrogens is 420 g/mol. The summed E-state index contributed by atoms with van der Waals surface area (Å²) in [6.07, 6.45) is 8.37. The fourth-order valence-electron chi connectivity index (χ4n) is 5.71. The maximum absolute atomic E-state index is 12.6. The second-order valence-corrected chi connectivity index (χ2v) is 10.1. The molecule has 1 aromatic heterocycles. The van der Waals surface area contributed by atoms with Crippen LogP contribution in [0.5, 0.6) is 0 Å². The number of carbonyl (C=O) groups excluding carboxylic acids is 1. The standard InChI is InChI=1S/C29H34N4O/c30-20-22-5-8-23-12-15-33(16-13-24(23)17-22)14-11-21-6-9-26(10-7-21)32-29(34)19-27-18-25-3-1-2-4-28(25)31-27/h1-5,8,17-18,21,26,31H,6-7,9-16,19H2,(H,32,34). The Morgan fingerprint density at radius 3 is 2.62 bits per heavy atom. The first-order valence-corrected chi connectivity index (χ1v) is 12.8. The van der Waals surface area contributed by atoms with Crippen LogP contribution in [-0.2, 0) is 24.1 Å². The summed E-state index contributed by atoms with van der Waals surface area (Å²) in [5.41, 5.74) is 5.61. The first-order valence-electron chi connectivity index (χ1n) is 12.8. The van der Waals surface area contributed by atoms with Gasteiger partial charge in [-0.05, 0) is 98.2 Å². The number of rotatable bonds is 6. The number of fused-ring (bicyclic) bond motifs is 2. The summed E-state index contributed by atoms with van der Waals surface area (Å²) in [5, 5.41) is 13.6. The van der Waals surface area contributed by atoms with Crippen LogP contribution in [0.2, 0.25) is 0 Å². The van der Waals surface area contributed by atoms with E-state index >= 15 is 0 Å². The first-order chi connectivity index (χ1) is 16.7. The lowest BCUT2D eigenvalue weighted by atomic mass is 9.84. The summed E-state index contributed by atoms with van der Waals surface area (Å²) in [7, 11) is 0. The number of aromatic nitrogens is 1. The van der Waals surface area contributed by atoms with Crippen LogP contribution in [0.1, 0.15) is 54.5 Å². The molecule has 0 radical (unpaired) electrons. The fourth-order valence-corrected chi connectivity index (χ4v) is 5.71. The van der Waals surface area contributed by atoms with Crippen molar-refractivity contribution in [3.63, 3.8) is 0 Å². The van der Waals surface area contributed by atoms with E-state index in [1.54, 1.807) is 0 Å². The van der Waals surface area contributed by atoms with Gasteiger partial charge in [0.2, 0.25) is 5.91 Å². The molecular formula is C29H34N4O. The highest BCUT2D eigenvalue weighted by Gasteiger charge is 2.23. The molecule has 0 spiro atoms. The van der Waals surface area contributed by atoms with Gasteiger partial charge in [0, 0.05) is 30.3 Å². The van der Waals surface area contributed by atoms with Crippen LogP contribution in [0.3, 0.4) is 0 Å². The van der Waals surface area contributed by atoms with Gasteiger partial charge in [-0.1, -0.05) is 24.3 Å². The Kier molecular flexibility index (Phi) is 6.97. The largest absolute Gasteiger partial charge is 0.358 e. The van der Waals surface area contributed by atoms with Crippen LogP contribution in [0, 0.1) is 17.2 Å². The normalized spacial score (nSPS) is 20.9.